The number of sulfonamides is 1. The maximum Gasteiger partial charge on any atom is 0.245 e. The number of aliphatic hydroxyl groups is 1. The highest BCUT2D eigenvalue weighted by molar-refractivity contribution is 7.89. The maximum atomic E-state index is 12.7. The Morgan fingerprint density at radius 2 is 2.10 bits per heavy atom. The molecule has 1 unspecified atom stereocenters. The van der Waals surface area contributed by atoms with Crippen molar-refractivity contribution in [2.45, 2.75) is 37.2 Å². The minimum atomic E-state index is -3.56. The van der Waals surface area contributed by atoms with Crippen LogP contribution in [0.2, 0.25) is 0 Å². The first-order chi connectivity index (χ1) is 9.37. The first-order valence-corrected chi connectivity index (χ1v) is 8.36. The normalized spacial score (nSPS) is 23.9. The van der Waals surface area contributed by atoms with Crippen molar-refractivity contribution in [2.75, 3.05) is 25.0 Å². The van der Waals surface area contributed by atoms with Gasteiger partial charge >= 0.3 is 0 Å². The van der Waals surface area contributed by atoms with Crippen LogP contribution in [0.3, 0.4) is 0 Å². The summed E-state index contributed by atoms with van der Waals surface area (Å²) in [6.07, 6.45) is 1.39. The van der Waals surface area contributed by atoms with Crippen molar-refractivity contribution >= 4 is 15.7 Å². The van der Waals surface area contributed by atoms with Crippen LogP contribution < -0.4 is 5.32 Å². The lowest BCUT2D eigenvalue weighted by molar-refractivity contribution is 0.0762. The molecule has 1 atom stereocenters. The van der Waals surface area contributed by atoms with E-state index in [-0.39, 0.29) is 11.4 Å². The van der Waals surface area contributed by atoms with E-state index in [0.717, 1.165) is 13.0 Å². The van der Waals surface area contributed by atoms with Gasteiger partial charge in [-0.25, -0.2) is 8.42 Å². The van der Waals surface area contributed by atoms with Crippen molar-refractivity contribution in [3.05, 3.63) is 24.3 Å². The molecule has 5 nitrogen and oxygen atoms in total. The number of nitrogens with zero attached hydrogens (tertiary/aromatic N) is 1. The Morgan fingerprint density at radius 3 is 2.70 bits per heavy atom. The SMILES string of the molecule is CCCNc1ccccc1S(=O)(=O)N1CCC(C)(O)C1. The van der Waals surface area contributed by atoms with E-state index in [0.29, 0.717) is 18.7 Å². The molecule has 0 bridgehead atoms. The fourth-order valence-electron chi connectivity index (χ4n) is 2.35. The van der Waals surface area contributed by atoms with Crippen LogP contribution in [0.1, 0.15) is 26.7 Å². The number of rotatable bonds is 5. The molecule has 0 radical (unpaired) electrons. The molecule has 2 rings (SSSR count). The molecule has 0 spiro atoms. The molecule has 1 aromatic carbocycles. The highest BCUT2D eigenvalue weighted by atomic mass is 32.2. The third-order valence-corrected chi connectivity index (χ3v) is 5.39. The lowest BCUT2D eigenvalue weighted by Crippen LogP contribution is -2.34. The average molecular weight is 298 g/mol. The molecule has 20 heavy (non-hydrogen) atoms. The van der Waals surface area contributed by atoms with Gasteiger partial charge in [-0.15, -0.1) is 0 Å². The van der Waals surface area contributed by atoms with Crippen molar-refractivity contribution in [3.63, 3.8) is 0 Å². The van der Waals surface area contributed by atoms with Gasteiger partial charge in [-0.3, -0.25) is 0 Å². The standard InChI is InChI=1S/C14H22N2O3S/c1-3-9-15-12-6-4-5-7-13(12)20(18,19)16-10-8-14(2,17)11-16/h4-7,15,17H,3,8-11H2,1-2H3. The number of hydrogen-bond donors (Lipinski definition) is 2. The lowest BCUT2D eigenvalue weighted by Gasteiger charge is -2.20. The molecule has 1 heterocycles. The highest BCUT2D eigenvalue weighted by Crippen LogP contribution is 2.30. The van der Waals surface area contributed by atoms with E-state index in [4.69, 9.17) is 0 Å². The maximum absolute atomic E-state index is 12.7. The van der Waals surface area contributed by atoms with Crippen LogP contribution in [0.4, 0.5) is 5.69 Å². The summed E-state index contributed by atoms with van der Waals surface area (Å²) in [5.74, 6) is 0. The number of β-amino-alcohol motifs (C(OH)–C–C–N with tert-alkyl or cyclic N) is 1. The molecule has 2 N–H and O–H groups in total. The molecule has 1 fully saturated rings. The largest absolute Gasteiger partial charge is 0.389 e. The summed E-state index contributed by atoms with van der Waals surface area (Å²) in [7, 11) is -3.56. The summed E-state index contributed by atoms with van der Waals surface area (Å²) in [6.45, 7) is 4.94. The number of para-hydroxylation sites is 1. The summed E-state index contributed by atoms with van der Waals surface area (Å²) in [5, 5.41) is 13.1. The first kappa shape index (κ1) is 15.3. The van der Waals surface area contributed by atoms with Crippen LogP contribution in [0.15, 0.2) is 29.2 Å². The summed E-state index contributed by atoms with van der Waals surface area (Å²) >= 11 is 0. The zero-order valence-corrected chi connectivity index (χ0v) is 12.8. The topological polar surface area (TPSA) is 69.6 Å². The third-order valence-electron chi connectivity index (χ3n) is 3.49. The van der Waals surface area contributed by atoms with Gasteiger partial charge in [0.2, 0.25) is 10.0 Å². The molecule has 1 aromatic rings. The van der Waals surface area contributed by atoms with Crippen LogP contribution in [0.25, 0.3) is 0 Å². The summed E-state index contributed by atoms with van der Waals surface area (Å²) in [5.41, 5.74) is -0.306. The Morgan fingerprint density at radius 1 is 1.40 bits per heavy atom. The van der Waals surface area contributed by atoms with Gasteiger partial charge in [0.1, 0.15) is 4.90 Å². The predicted octanol–water partition coefficient (Wildman–Crippen LogP) is 1.65. The Kier molecular flexibility index (Phi) is 4.36. The zero-order chi connectivity index (χ0) is 14.8. The van der Waals surface area contributed by atoms with Crippen LogP contribution in [-0.4, -0.2) is 43.1 Å². The van der Waals surface area contributed by atoms with Gasteiger partial charge in [-0.2, -0.15) is 4.31 Å². The van der Waals surface area contributed by atoms with Crippen LogP contribution in [0, 0.1) is 0 Å². The summed E-state index contributed by atoms with van der Waals surface area (Å²) in [4.78, 5) is 0.283. The fourth-order valence-corrected chi connectivity index (χ4v) is 4.07. The fraction of sp³-hybridized carbons (Fsp3) is 0.571. The van der Waals surface area contributed by atoms with Gasteiger partial charge in [0.05, 0.1) is 11.3 Å². The number of hydrogen-bond acceptors (Lipinski definition) is 4. The highest BCUT2D eigenvalue weighted by Gasteiger charge is 2.39. The monoisotopic (exact) mass is 298 g/mol. The van der Waals surface area contributed by atoms with Crippen molar-refractivity contribution in [3.8, 4) is 0 Å². The second-order valence-corrected chi connectivity index (χ2v) is 7.41. The lowest BCUT2D eigenvalue weighted by atomic mass is 10.1. The third kappa shape index (κ3) is 3.13. The smallest absolute Gasteiger partial charge is 0.245 e. The second kappa shape index (κ2) is 5.71. The van der Waals surface area contributed by atoms with Crippen LogP contribution in [0.5, 0.6) is 0 Å². The predicted molar refractivity (Wildman–Crippen MR) is 79.2 cm³/mol. The zero-order valence-electron chi connectivity index (χ0n) is 12.0. The molecular formula is C14H22N2O3S. The van der Waals surface area contributed by atoms with E-state index >= 15 is 0 Å². The van der Waals surface area contributed by atoms with Gasteiger partial charge in [-0.05, 0) is 31.9 Å². The summed E-state index contributed by atoms with van der Waals surface area (Å²) < 4.78 is 26.7. The van der Waals surface area contributed by atoms with Crippen LogP contribution >= 0.6 is 0 Å². The second-order valence-electron chi connectivity index (χ2n) is 5.51. The molecule has 0 saturated carbocycles. The minimum Gasteiger partial charge on any atom is -0.389 e. The number of nitrogens with one attached hydrogen (secondary N) is 1. The van der Waals surface area contributed by atoms with Crippen molar-refractivity contribution < 1.29 is 13.5 Å². The molecule has 0 aromatic heterocycles. The number of anilines is 1. The van der Waals surface area contributed by atoms with Crippen LogP contribution in [-0.2, 0) is 10.0 Å². The van der Waals surface area contributed by atoms with E-state index < -0.39 is 15.6 Å². The Balaban J connectivity index is 2.30. The Labute approximate surface area is 120 Å². The first-order valence-electron chi connectivity index (χ1n) is 6.92. The van der Waals surface area contributed by atoms with E-state index in [2.05, 4.69) is 5.32 Å². The van der Waals surface area contributed by atoms with Gasteiger partial charge < -0.3 is 10.4 Å². The van der Waals surface area contributed by atoms with Gasteiger partial charge in [0, 0.05) is 19.6 Å². The molecule has 1 saturated heterocycles. The molecule has 112 valence electrons. The van der Waals surface area contributed by atoms with Gasteiger partial charge in [-0.1, -0.05) is 19.1 Å². The van der Waals surface area contributed by atoms with Crippen molar-refractivity contribution in [1.82, 2.24) is 4.31 Å². The van der Waals surface area contributed by atoms with E-state index in [1.807, 2.05) is 13.0 Å². The van der Waals surface area contributed by atoms with Gasteiger partial charge in [0.25, 0.3) is 0 Å². The molecule has 0 aliphatic carbocycles. The molecule has 6 heteroatoms. The van der Waals surface area contributed by atoms with Gasteiger partial charge in [0.15, 0.2) is 0 Å². The van der Waals surface area contributed by atoms with Crippen molar-refractivity contribution in [2.24, 2.45) is 0 Å². The average Bonchev–Trinajstić information content (AvgIpc) is 2.78. The number of benzene rings is 1. The minimum absolute atomic E-state index is 0.150. The quantitative estimate of drug-likeness (QED) is 0.867. The Hall–Kier alpha value is -1.11. The molecule has 1 aliphatic heterocycles. The van der Waals surface area contributed by atoms with E-state index in [1.165, 1.54) is 4.31 Å². The molecule has 0 amide bonds. The Bertz CT molecular complexity index is 570. The van der Waals surface area contributed by atoms with E-state index in [9.17, 15) is 13.5 Å². The molecule has 1 aliphatic rings. The summed E-state index contributed by atoms with van der Waals surface area (Å²) in [6, 6.07) is 6.92. The van der Waals surface area contributed by atoms with Crippen molar-refractivity contribution in [1.29, 1.82) is 0 Å². The van der Waals surface area contributed by atoms with E-state index in [1.54, 1.807) is 25.1 Å². The molecular weight excluding hydrogens is 276 g/mol.